The van der Waals surface area contributed by atoms with Crippen molar-refractivity contribution >= 4 is 5.82 Å². The summed E-state index contributed by atoms with van der Waals surface area (Å²) >= 11 is 0. The van der Waals surface area contributed by atoms with Crippen LogP contribution in [0, 0.1) is 6.92 Å². The SMILES string of the molecule is Cc1ccc(N2CCN(C(F)(F)F)CC2)nc1. The summed E-state index contributed by atoms with van der Waals surface area (Å²) in [6.07, 6.45) is -2.49. The Hall–Kier alpha value is -1.30. The highest BCUT2D eigenvalue weighted by atomic mass is 19.4. The standard InChI is InChI=1S/C11H14F3N3/c1-9-2-3-10(15-8-9)16-4-6-17(7-5-16)11(12,13)14/h2-3,8H,4-7H2,1H3. The minimum Gasteiger partial charge on any atom is -0.354 e. The van der Waals surface area contributed by atoms with Gasteiger partial charge in [-0.05, 0) is 18.6 Å². The third kappa shape index (κ3) is 2.88. The van der Waals surface area contributed by atoms with Crippen LogP contribution in [0.25, 0.3) is 0 Å². The second kappa shape index (κ2) is 4.52. The van der Waals surface area contributed by atoms with E-state index in [0.717, 1.165) is 11.4 Å². The Kier molecular flexibility index (Phi) is 3.24. The molecule has 0 radical (unpaired) electrons. The average Bonchev–Trinajstić information content (AvgIpc) is 2.29. The van der Waals surface area contributed by atoms with Gasteiger partial charge in [0.2, 0.25) is 0 Å². The first-order valence-electron chi connectivity index (χ1n) is 5.46. The Balaban J connectivity index is 1.97. The predicted octanol–water partition coefficient (Wildman–Crippen LogP) is 2.03. The fourth-order valence-corrected chi connectivity index (χ4v) is 1.84. The first kappa shape index (κ1) is 12.2. The molecule has 0 aromatic carbocycles. The van der Waals surface area contributed by atoms with Crippen LogP contribution in [0.4, 0.5) is 19.0 Å². The molecule has 2 rings (SSSR count). The summed E-state index contributed by atoms with van der Waals surface area (Å²) in [4.78, 5) is 6.63. The molecule has 0 atom stereocenters. The van der Waals surface area contributed by atoms with E-state index in [1.54, 1.807) is 6.20 Å². The van der Waals surface area contributed by atoms with Crippen molar-refractivity contribution in [3.8, 4) is 0 Å². The minimum absolute atomic E-state index is 0.000936. The molecule has 0 saturated carbocycles. The summed E-state index contributed by atoms with van der Waals surface area (Å²) in [5.74, 6) is 0.748. The summed E-state index contributed by atoms with van der Waals surface area (Å²) in [7, 11) is 0. The van der Waals surface area contributed by atoms with Crippen LogP contribution in [0.1, 0.15) is 5.56 Å². The lowest BCUT2D eigenvalue weighted by atomic mass is 10.3. The van der Waals surface area contributed by atoms with Gasteiger partial charge < -0.3 is 4.90 Å². The lowest BCUT2D eigenvalue weighted by Gasteiger charge is -2.36. The van der Waals surface area contributed by atoms with Gasteiger partial charge in [0.05, 0.1) is 0 Å². The molecule has 0 amide bonds. The van der Waals surface area contributed by atoms with E-state index < -0.39 is 6.30 Å². The van der Waals surface area contributed by atoms with E-state index in [9.17, 15) is 13.2 Å². The van der Waals surface area contributed by atoms with Crippen molar-refractivity contribution in [2.24, 2.45) is 0 Å². The largest absolute Gasteiger partial charge is 0.460 e. The predicted molar refractivity (Wildman–Crippen MR) is 58.8 cm³/mol. The third-order valence-corrected chi connectivity index (χ3v) is 2.86. The van der Waals surface area contributed by atoms with Crippen LogP contribution in [-0.4, -0.2) is 42.4 Å². The molecule has 2 heterocycles. The molecule has 1 aromatic rings. The van der Waals surface area contributed by atoms with Gasteiger partial charge in [-0.2, -0.15) is 13.2 Å². The zero-order valence-corrected chi connectivity index (χ0v) is 9.54. The minimum atomic E-state index is -4.22. The van der Waals surface area contributed by atoms with Gasteiger partial charge in [0.25, 0.3) is 0 Å². The number of nitrogens with zero attached hydrogens (tertiary/aromatic N) is 3. The quantitative estimate of drug-likeness (QED) is 0.706. The Labute approximate surface area is 97.9 Å². The molecular weight excluding hydrogens is 231 g/mol. The van der Waals surface area contributed by atoms with Crippen LogP contribution in [-0.2, 0) is 0 Å². The van der Waals surface area contributed by atoms with Crippen molar-refractivity contribution in [3.05, 3.63) is 23.9 Å². The van der Waals surface area contributed by atoms with Gasteiger partial charge in [0, 0.05) is 32.4 Å². The summed E-state index contributed by atoms with van der Waals surface area (Å²) in [5.41, 5.74) is 1.04. The van der Waals surface area contributed by atoms with Crippen LogP contribution in [0.2, 0.25) is 0 Å². The number of aromatic nitrogens is 1. The van der Waals surface area contributed by atoms with Crippen molar-refractivity contribution in [1.82, 2.24) is 9.88 Å². The van der Waals surface area contributed by atoms with Crippen molar-refractivity contribution < 1.29 is 13.2 Å². The van der Waals surface area contributed by atoms with Crippen LogP contribution in [0.15, 0.2) is 18.3 Å². The molecule has 0 N–H and O–H groups in total. The third-order valence-electron chi connectivity index (χ3n) is 2.86. The molecule has 0 bridgehead atoms. The maximum Gasteiger partial charge on any atom is 0.460 e. The zero-order valence-electron chi connectivity index (χ0n) is 9.54. The van der Waals surface area contributed by atoms with Gasteiger partial charge >= 0.3 is 6.30 Å². The molecule has 0 unspecified atom stereocenters. The summed E-state index contributed by atoms with van der Waals surface area (Å²) in [5, 5.41) is 0. The van der Waals surface area contributed by atoms with Crippen molar-refractivity contribution in [2.45, 2.75) is 13.2 Å². The highest BCUT2D eigenvalue weighted by Crippen LogP contribution is 2.23. The summed E-state index contributed by atoms with van der Waals surface area (Å²) in [6.45, 7) is 2.64. The second-order valence-corrected chi connectivity index (χ2v) is 4.14. The number of hydrogen-bond acceptors (Lipinski definition) is 3. The van der Waals surface area contributed by atoms with Crippen LogP contribution >= 0.6 is 0 Å². The highest BCUT2D eigenvalue weighted by Gasteiger charge is 2.38. The Bertz CT molecular complexity index is 367. The number of rotatable bonds is 1. The lowest BCUT2D eigenvalue weighted by molar-refractivity contribution is -0.246. The second-order valence-electron chi connectivity index (χ2n) is 4.14. The number of piperazine rings is 1. The molecule has 17 heavy (non-hydrogen) atoms. The van der Waals surface area contributed by atoms with E-state index in [-0.39, 0.29) is 13.1 Å². The van der Waals surface area contributed by atoms with Gasteiger partial charge in [-0.1, -0.05) is 6.07 Å². The molecule has 6 heteroatoms. The number of pyridine rings is 1. The van der Waals surface area contributed by atoms with Gasteiger partial charge in [0.1, 0.15) is 5.82 Å². The highest BCUT2D eigenvalue weighted by molar-refractivity contribution is 5.39. The Morgan fingerprint density at radius 3 is 2.24 bits per heavy atom. The Morgan fingerprint density at radius 2 is 1.76 bits per heavy atom. The first-order valence-corrected chi connectivity index (χ1v) is 5.46. The Morgan fingerprint density at radius 1 is 1.12 bits per heavy atom. The maximum absolute atomic E-state index is 12.4. The number of anilines is 1. The van der Waals surface area contributed by atoms with E-state index >= 15 is 0 Å². The van der Waals surface area contributed by atoms with E-state index in [1.807, 2.05) is 24.0 Å². The number of halogens is 3. The smallest absolute Gasteiger partial charge is 0.354 e. The molecule has 3 nitrogen and oxygen atoms in total. The molecule has 1 aliphatic heterocycles. The lowest BCUT2D eigenvalue weighted by Crippen LogP contribution is -2.52. The van der Waals surface area contributed by atoms with Crippen molar-refractivity contribution in [3.63, 3.8) is 0 Å². The molecule has 1 saturated heterocycles. The van der Waals surface area contributed by atoms with Crippen LogP contribution in [0.5, 0.6) is 0 Å². The number of aryl methyl sites for hydroxylation is 1. The summed E-state index contributed by atoms with van der Waals surface area (Å²) in [6, 6.07) is 3.76. The van der Waals surface area contributed by atoms with Gasteiger partial charge in [-0.15, -0.1) is 0 Å². The molecule has 0 spiro atoms. The van der Waals surface area contributed by atoms with E-state index in [4.69, 9.17) is 0 Å². The van der Waals surface area contributed by atoms with Crippen molar-refractivity contribution in [1.29, 1.82) is 0 Å². The average molecular weight is 245 g/mol. The molecule has 1 fully saturated rings. The summed E-state index contributed by atoms with van der Waals surface area (Å²) < 4.78 is 37.2. The topological polar surface area (TPSA) is 19.4 Å². The fraction of sp³-hybridized carbons (Fsp3) is 0.545. The molecule has 94 valence electrons. The fourth-order valence-electron chi connectivity index (χ4n) is 1.84. The van der Waals surface area contributed by atoms with Crippen molar-refractivity contribution in [2.75, 3.05) is 31.1 Å². The number of hydrogen-bond donors (Lipinski definition) is 0. The molecule has 1 aromatic heterocycles. The van der Waals surface area contributed by atoms with E-state index in [0.29, 0.717) is 18.0 Å². The van der Waals surface area contributed by atoms with E-state index in [2.05, 4.69) is 4.98 Å². The van der Waals surface area contributed by atoms with E-state index in [1.165, 1.54) is 0 Å². The maximum atomic E-state index is 12.4. The van der Waals surface area contributed by atoms with Crippen LogP contribution in [0.3, 0.4) is 0 Å². The normalized spacial score (nSPS) is 18.5. The first-order chi connectivity index (χ1) is 7.97. The monoisotopic (exact) mass is 245 g/mol. The molecule has 1 aliphatic rings. The van der Waals surface area contributed by atoms with Gasteiger partial charge in [-0.3, -0.25) is 0 Å². The van der Waals surface area contributed by atoms with Gasteiger partial charge in [0.15, 0.2) is 0 Å². The molecule has 0 aliphatic carbocycles. The molecular formula is C11H14F3N3. The van der Waals surface area contributed by atoms with Gasteiger partial charge in [-0.25, -0.2) is 9.88 Å². The van der Waals surface area contributed by atoms with Crippen LogP contribution < -0.4 is 4.90 Å². The number of alkyl halides is 3. The zero-order chi connectivity index (χ0) is 12.5.